The van der Waals surface area contributed by atoms with Crippen molar-refractivity contribution in [3.8, 4) is 17.2 Å². The Hall–Kier alpha value is -4.53. The van der Waals surface area contributed by atoms with Crippen molar-refractivity contribution in [2.24, 2.45) is 0 Å². The second kappa shape index (κ2) is 8.91. The lowest BCUT2D eigenvalue weighted by Gasteiger charge is -2.14. The summed E-state index contributed by atoms with van der Waals surface area (Å²) in [7, 11) is 0. The standard InChI is InChI=1S/C24H21N3O6/c1-16-4-10-19(11-5-16)31-25-22(28)26(32-20-12-6-17(2)7-13-20)24(30)27(23(25)29)33-21-14-8-18(3)9-15-21/h4-15H,1-3H3. The Morgan fingerprint density at radius 2 is 0.636 bits per heavy atom. The summed E-state index contributed by atoms with van der Waals surface area (Å²) in [6.45, 7) is 5.65. The summed E-state index contributed by atoms with van der Waals surface area (Å²) >= 11 is 0. The van der Waals surface area contributed by atoms with E-state index in [-0.39, 0.29) is 17.2 Å². The van der Waals surface area contributed by atoms with Gasteiger partial charge in [-0.25, -0.2) is 14.4 Å². The molecule has 0 aliphatic heterocycles. The zero-order valence-corrected chi connectivity index (χ0v) is 18.2. The summed E-state index contributed by atoms with van der Waals surface area (Å²) < 4.78 is 1.19. The van der Waals surface area contributed by atoms with Gasteiger partial charge in [-0.15, -0.1) is 0 Å². The van der Waals surface area contributed by atoms with Crippen LogP contribution >= 0.6 is 0 Å². The van der Waals surface area contributed by atoms with Crippen LogP contribution in [-0.2, 0) is 0 Å². The minimum atomic E-state index is -1.13. The maximum absolute atomic E-state index is 13.0. The molecular weight excluding hydrogens is 426 g/mol. The van der Waals surface area contributed by atoms with Crippen LogP contribution in [0.2, 0.25) is 0 Å². The molecule has 0 unspecified atom stereocenters. The largest absolute Gasteiger partial charge is 0.404 e. The van der Waals surface area contributed by atoms with Gasteiger partial charge in [0.25, 0.3) is 0 Å². The first-order valence-electron chi connectivity index (χ1n) is 10.1. The second-order valence-electron chi connectivity index (χ2n) is 7.44. The summed E-state index contributed by atoms with van der Waals surface area (Å²) in [6.07, 6.45) is 0. The quantitative estimate of drug-likeness (QED) is 0.451. The molecular formula is C24H21N3O6. The normalized spacial score (nSPS) is 10.6. The molecule has 0 spiro atoms. The fourth-order valence-corrected chi connectivity index (χ4v) is 2.84. The molecule has 0 fully saturated rings. The van der Waals surface area contributed by atoms with Gasteiger partial charge in [0, 0.05) is 0 Å². The lowest BCUT2D eigenvalue weighted by Crippen LogP contribution is -2.58. The fraction of sp³-hybridized carbons (Fsp3) is 0.125. The maximum Gasteiger partial charge on any atom is 0.404 e. The van der Waals surface area contributed by atoms with E-state index in [2.05, 4.69) is 0 Å². The first kappa shape index (κ1) is 21.7. The van der Waals surface area contributed by atoms with E-state index in [1.54, 1.807) is 72.8 Å². The SMILES string of the molecule is Cc1ccc(On2c(=O)n(Oc3ccc(C)cc3)c(=O)n(Oc3ccc(C)cc3)c2=O)cc1. The smallest absolute Gasteiger partial charge is 0.366 e. The molecule has 0 N–H and O–H groups in total. The lowest BCUT2D eigenvalue weighted by atomic mass is 10.2. The molecule has 1 aromatic heterocycles. The summed E-state index contributed by atoms with van der Waals surface area (Å²) in [5, 5.41) is 0. The molecule has 0 radical (unpaired) electrons. The summed E-state index contributed by atoms with van der Waals surface area (Å²) in [5.74, 6) is 0.631. The van der Waals surface area contributed by atoms with E-state index in [9.17, 15) is 14.4 Å². The van der Waals surface area contributed by atoms with Gasteiger partial charge in [-0.3, -0.25) is 0 Å². The Balaban J connectivity index is 1.85. The second-order valence-corrected chi connectivity index (χ2v) is 7.44. The van der Waals surface area contributed by atoms with Crippen LogP contribution in [0.4, 0.5) is 0 Å². The number of benzene rings is 3. The molecule has 0 aliphatic carbocycles. The van der Waals surface area contributed by atoms with Gasteiger partial charge in [-0.05, 0) is 57.2 Å². The number of hydrogen-bond donors (Lipinski definition) is 0. The Bertz CT molecular complexity index is 1240. The van der Waals surface area contributed by atoms with E-state index in [1.807, 2.05) is 20.8 Å². The molecule has 0 atom stereocenters. The van der Waals surface area contributed by atoms with Crippen molar-refractivity contribution >= 4 is 0 Å². The van der Waals surface area contributed by atoms with Crippen LogP contribution in [0.5, 0.6) is 17.2 Å². The number of nitrogens with zero attached hydrogens (tertiary/aromatic N) is 3. The first-order valence-corrected chi connectivity index (χ1v) is 10.1. The van der Waals surface area contributed by atoms with Crippen molar-refractivity contribution in [2.45, 2.75) is 20.8 Å². The number of hydrogen-bond acceptors (Lipinski definition) is 6. The summed E-state index contributed by atoms with van der Waals surface area (Å²) in [4.78, 5) is 55.5. The van der Waals surface area contributed by atoms with Gasteiger partial charge in [0.15, 0.2) is 17.2 Å². The highest BCUT2D eigenvalue weighted by molar-refractivity contribution is 5.28. The van der Waals surface area contributed by atoms with E-state index >= 15 is 0 Å². The summed E-state index contributed by atoms with van der Waals surface area (Å²) in [5.41, 5.74) is -0.507. The third kappa shape index (κ3) is 4.72. The molecule has 0 aliphatic rings. The van der Waals surface area contributed by atoms with Gasteiger partial charge in [0.2, 0.25) is 0 Å². The van der Waals surface area contributed by atoms with E-state index in [4.69, 9.17) is 14.5 Å². The summed E-state index contributed by atoms with van der Waals surface area (Å²) in [6, 6.07) is 20.0. The average Bonchev–Trinajstić information content (AvgIpc) is 2.81. The van der Waals surface area contributed by atoms with E-state index in [1.165, 1.54) is 0 Å². The van der Waals surface area contributed by atoms with E-state index in [0.29, 0.717) is 14.2 Å². The van der Waals surface area contributed by atoms with Crippen LogP contribution in [0.25, 0.3) is 0 Å². The molecule has 0 saturated carbocycles. The highest BCUT2D eigenvalue weighted by Crippen LogP contribution is 2.13. The Morgan fingerprint density at radius 3 is 0.848 bits per heavy atom. The topological polar surface area (TPSA) is 93.7 Å². The lowest BCUT2D eigenvalue weighted by molar-refractivity contribution is 0.0655. The molecule has 3 aromatic carbocycles. The van der Waals surface area contributed by atoms with Gasteiger partial charge >= 0.3 is 17.1 Å². The molecule has 1 heterocycles. The molecule has 0 saturated heterocycles. The van der Waals surface area contributed by atoms with Crippen molar-refractivity contribution in [3.63, 3.8) is 0 Å². The van der Waals surface area contributed by atoms with Crippen LogP contribution in [-0.4, -0.2) is 14.2 Å². The Kier molecular flexibility index (Phi) is 5.86. The van der Waals surface area contributed by atoms with Crippen molar-refractivity contribution in [2.75, 3.05) is 0 Å². The molecule has 0 bridgehead atoms. The van der Waals surface area contributed by atoms with E-state index in [0.717, 1.165) is 16.7 Å². The maximum atomic E-state index is 13.0. The predicted octanol–water partition coefficient (Wildman–Crippen LogP) is 2.62. The molecule has 9 nitrogen and oxygen atoms in total. The Labute approximate surface area is 188 Å². The van der Waals surface area contributed by atoms with Crippen molar-refractivity contribution in [1.82, 2.24) is 14.2 Å². The van der Waals surface area contributed by atoms with Gasteiger partial charge in [-0.2, -0.15) is 0 Å². The fourth-order valence-electron chi connectivity index (χ4n) is 2.84. The highest BCUT2D eigenvalue weighted by Gasteiger charge is 2.21. The van der Waals surface area contributed by atoms with Crippen LogP contribution in [0.3, 0.4) is 0 Å². The molecule has 168 valence electrons. The molecule has 9 heteroatoms. The van der Waals surface area contributed by atoms with Crippen molar-refractivity contribution < 1.29 is 14.5 Å². The van der Waals surface area contributed by atoms with Crippen LogP contribution < -0.4 is 31.6 Å². The van der Waals surface area contributed by atoms with Gasteiger partial charge in [-0.1, -0.05) is 67.3 Å². The number of aryl methyl sites for hydroxylation is 3. The van der Waals surface area contributed by atoms with Gasteiger partial charge in [0.05, 0.1) is 0 Å². The Morgan fingerprint density at radius 1 is 0.424 bits per heavy atom. The van der Waals surface area contributed by atoms with Gasteiger partial charge < -0.3 is 14.5 Å². The van der Waals surface area contributed by atoms with Crippen molar-refractivity contribution in [1.29, 1.82) is 0 Å². The molecule has 4 aromatic rings. The molecule has 4 rings (SSSR count). The first-order chi connectivity index (χ1) is 15.8. The zero-order chi connectivity index (χ0) is 23.5. The van der Waals surface area contributed by atoms with Gasteiger partial charge in [0.1, 0.15) is 0 Å². The third-order valence-electron chi connectivity index (χ3n) is 4.70. The predicted molar refractivity (Wildman–Crippen MR) is 121 cm³/mol. The van der Waals surface area contributed by atoms with Crippen molar-refractivity contribution in [3.05, 3.63) is 121 Å². The minimum absolute atomic E-state index is 0.210. The molecule has 33 heavy (non-hydrogen) atoms. The van der Waals surface area contributed by atoms with Crippen LogP contribution in [0.1, 0.15) is 16.7 Å². The zero-order valence-electron chi connectivity index (χ0n) is 18.2. The number of rotatable bonds is 6. The third-order valence-corrected chi connectivity index (χ3v) is 4.70. The van der Waals surface area contributed by atoms with E-state index < -0.39 is 17.1 Å². The van der Waals surface area contributed by atoms with Crippen LogP contribution in [0, 0.1) is 20.8 Å². The number of aromatic nitrogens is 3. The monoisotopic (exact) mass is 447 g/mol. The minimum Gasteiger partial charge on any atom is -0.366 e. The molecule has 0 amide bonds. The highest BCUT2D eigenvalue weighted by atomic mass is 16.7. The average molecular weight is 447 g/mol. The van der Waals surface area contributed by atoms with Crippen LogP contribution in [0.15, 0.2) is 87.2 Å².